The van der Waals surface area contributed by atoms with E-state index < -0.39 is 0 Å². The molecule has 14 heavy (non-hydrogen) atoms. The maximum Gasteiger partial charge on any atom is 0.413 e. The van der Waals surface area contributed by atoms with Crippen molar-refractivity contribution in [3.8, 4) is 0 Å². The van der Waals surface area contributed by atoms with Gasteiger partial charge in [-0.2, -0.15) is 0 Å². The molecule has 0 saturated carbocycles. The van der Waals surface area contributed by atoms with Gasteiger partial charge in [-0.15, -0.1) is 0 Å². The van der Waals surface area contributed by atoms with E-state index in [2.05, 4.69) is 9.72 Å². The molecule has 0 radical (unpaired) electrons. The third-order valence-electron chi connectivity index (χ3n) is 2.09. The van der Waals surface area contributed by atoms with Gasteiger partial charge < -0.3 is 4.74 Å². The van der Waals surface area contributed by atoms with Gasteiger partial charge in [-0.05, 0) is 17.7 Å². The second kappa shape index (κ2) is 3.49. The van der Waals surface area contributed by atoms with Crippen molar-refractivity contribution in [2.24, 2.45) is 0 Å². The zero-order chi connectivity index (χ0) is 9.97. The van der Waals surface area contributed by atoms with Gasteiger partial charge in [0, 0.05) is 12.4 Å². The third-order valence-corrected chi connectivity index (χ3v) is 2.09. The predicted molar refractivity (Wildman–Crippen MR) is 51.2 cm³/mol. The van der Waals surface area contributed by atoms with Crippen LogP contribution in [0.25, 0.3) is 6.08 Å². The van der Waals surface area contributed by atoms with Gasteiger partial charge in [0.25, 0.3) is 0 Å². The molecule has 4 heteroatoms. The summed E-state index contributed by atoms with van der Waals surface area (Å²) in [4.78, 5) is 16.9. The van der Waals surface area contributed by atoms with Gasteiger partial charge >= 0.3 is 6.09 Å². The third kappa shape index (κ3) is 1.46. The molecule has 1 aliphatic rings. The van der Waals surface area contributed by atoms with Crippen LogP contribution in [0, 0.1) is 0 Å². The highest BCUT2D eigenvalue weighted by molar-refractivity contribution is 5.71. The van der Waals surface area contributed by atoms with E-state index in [0.29, 0.717) is 6.54 Å². The Bertz CT molecular complexity index is 387. The molecule has 0 spiro atoms. The van der Waals surface area contributed by atoms with Crippen LogP contribution in [0.2, 0.25) is 0 Å². The summed E-state index contributed by atoms with van der Waals surface area (Å²) in [5.41, 5.74) is 1.94. The summed E-state index contributed by atoms with van der Waals surface area (Å²) in [5.74, 6) is 0. The van der Waals surface area contributed by atoms with Crippen molar-refractivity contribution in [2.75, 3.05) is 7.11 Å². The van der Waals surface area contributed by atoms with Crippen molar-refractivity contribution in [1.82, 2.24) is 9.88 Å². The molecule has 1 amide bonds. The van der Waals surface area contributed by atoms with E-state index in [9.17, 15) is 4.79 Å². The number of rotatable bonds is 0. The highest BCUT2D eigenvalue weighted by Gasteiger charge is 2.16. The lowest BCUT2D eigenvalue weighted by Crippen LogP contribution is -2.27. The summed E-state index contributed by atoms with van der Waals surface area (Å²) in [7, 11) is 1.37. The second-order valence-corrected chi connectivity index (χ2v) is 2.96. The van der Waals surface area contributed by atoms with E-state index in [1.165, 1.54) is 12.0 Å². The molecule has 72 valence electrons. The number of aromatic nitrogens is 1. The van der Waals surface area contributed by atoms with Crippen LogP contribution < -0.4 is 0 Å². The van der Waals surface area contributed by atoms with Gasteiger partial charge in [-0.3, -0.25) is 9.88 Å². The van der Waals surface area contributed by atoms with Crippen LogP contribution in [0.5, 0.6) is 0 Å². The molecule has 4 nitrogen and oxygen atoms in total. The Morgan fingerprint density at radius 3 is 3.29 bits per heavy atom. The Balaban J connectivity index is 2.25. The number of pyridine rings is 1. The Morgan fingerprint density at radius 2 is 2.50 bits per heavy atom. The van der Waals surface area contributed by atoms with Crippen molar-refractivity contribution in [2.45, 2.75) is 6.54 Å². The average Bonchev–Trinajstić information content (AvgIpc) is 2.27. The molecule has 0 aliphatic carbocycles. The van der Waals surface area contributed by atoms with E-state index in [-0.39, 0.29) is 6.09 Å². The van der Waals surface area contributed by atoms with Crippen molar-refractivity contribution in [3.63, 3.8) is 0 Å². The number of ether oxygens (including phenoxy) is 1. The number of nitrogens with zero attached hydrogens (tertiary/aromatic N) is 2. The minimum atomic E-state index is -0.351. The molecule has 1 aromatic rings. The van der Waals surface area contributed by atoms with E-state index in [1.807, 2.05) is 12.1 Å². The van der Waals surface area contributed by atoms with Crippen LogP contribution in [0.1, 0.15) is 11.3 Å². The number of amides is 1. The molecular formula is C10H10N2O2. The fourth-order valence-corrected chi connectivity index (χ4v) is 1.37. The molecule has 2 rings (SSSR count). The quantitative estimate of drug-likeness (QED) is 0.624. The summed E-state index contributed by atoms with van der Waals surface area (Å²) in [6.45, 7) is 0.520. The molecule has 0 atom stereocenters. The fourth-order valence-electron chi connectivity index (χ4n) is 1.37. The lowest BCUT2D eigenvalue weighted by molar-refractivity contribution is 0.138. The fraction of sp³-hybridized carbons (Fsp3) is 0.200. The van der Waals surface area contributed by atoms with E-state index in [1.54, 1.807) is 18.5 Å². The maximum atomic E-state index is 11.2. The zero-order valence-corrected chi connectivity index (χ0v) is 7.80. The summed E-state index contributed by atoms with van der Waals surface area (Å²) in [6.07, 6.45) is 4.87. The molecule has 0 bridgehead atoms. The minimum Gasteiger partial charge on any atom is -0.452 e. The number of methoxy groups -OCH3 is 1. The first-order valence-electron chi connectivity index (χ1n) is 4.28. The van der Waals surface area contributed by atoms with Gasteiger partial charge in [0.1, 0.15) is 0 Å². The highest BCUT2D eigenvalue weighted by Crippen LogP contribution is 2.17. The molecule has 0 fully saturated rings. The Morgan fingerprint density at radius 1 is 1.64 bits per heavy atom. The Labute approximate surface area is 81.8 Å². The lowest BCUT2D eigenvalue weighted by atomic mass is 10.1. The molecule has 0 unspecified atom stereocenters. The van der Waals surface area contributed by atoms with Crippen LogP contribution in [0.3, 0.4) is 0 Å². The Kier molecular flexibility index (Phi) is 2.18. The number of fused-ring (bicyclic) bond motifs is 1. The molecule has 1 aromatic heterocycles. The molecule has 0 aromatic carbocycles. The minimum absolute atomic E-state index is 0.351. The monoisotopic (exact) mass is 190 g/mol. The first-order valence-corrected chi connectivity index (χ1v) is 4.28. The van der Waals surface area contributed by atoms with Gasteiger partial charge in [0.05, 0.1) is 19.3 Å². The van der Waals surface area contributed by atoms with E-state index >= 15 is 0 Å². The topological polar surface area (TPSA) is 42.4 Å². The van der Waals surface area contributed by atoms with Crippen molar-refractivity contribution in [3.05, 3.63) is 35.8 Å². The van der Waals surface area contributed by atoms with Gasteiger partial charge in [-0.25, -0.2) is 4.79 Å². The number of hydrogen-bond acceptors (Lipinski definition) is 3. The molecule has 1 aliphatic heterocycles. The van der Waals surface area contributed by atoms with Crippen molar-refractivity contribution >= 4 is 12.2 Å². The number of carbonyl (C=O) groups excluding carboxylic acids is 1. The standard InChI is InChI=1S/C10H10N2O2/c1-14-10(13)12-6-4-9-8(7-12)3-2-5-11-9/h2-6H,7H2,1H3. The van der Waals surface area contributed by atoms with Crippen LogP contribution in [0.4, 0.5) is 4.79 Å². The summed E-state index contributed by atoms with van der Waals surface area (Å²) < 4.78 is 4.62. The second-order valence-electron chi connectivity index (χ2n) is 2.96. The molecule has 0 N–H and O–H groups in total. The van der Waals surface area contributed by atoms with E-state index in [0.717, 1.165) is 11.3 Å². The summed E-state index contributed by atoms with van der Waals surface area (Å²) in [5, 5.41) is 0. The smallest absolute Gasteiger partial charge is 0.413 e. The largest absolute Gasteiger partial charge is 0.452 e. The van der Waals surface area contributed by atoms with Gasteiger partial charge in [0.15, 0.2) is 0 Å². The Hall–Kier alpha value is -1.84. The first kappa shape index (κ1) is 8.74. The van der Waals surface area contributed by atoms with Crippen LogP contribution in [-0.2, 0) is 11.3 Å². The summed E-state index contributed by atoms with van der Waals surface area (Å²) in [6, 6.07) is 3.80. The lowest BCUT2D eigenvalue weighted by Gasteiger charge is -2.21. The SMILES string of the molecule is COC(=O)N1C=Cc2ncccc2C1. The zero-order valence-electron chi connectivity index (χ0n) is 7.80. The number of carbonyl (C=O) groups is 1. The van der Waals surface area contributed by atoms with Crippen LogP contribution in [-0.4, -0.2) is 23.1 Å². The molecule has 2 heterocycles. The van der Waals surface area contributed by atoms with Crippen LogP contribution in [0.15, 0.2) is 24.5 Å². The number of hydrogen-bond donors (Lipinski definition) is 0. The summed E-state index contributed by atoms with van der Waals surface area (Å²) >= 11 is 0. The molecule has 0 saturated heterocycles. The normalized spacial score (nSPS) is 13.6. The van der Waals surface area contributed by atoms with E-state index in [4.69, 9.17) is 0 Å². The van der Waals surface area contributed by atoms with Gasteiger partial charge in [-0.1, -0.05) is 6.07 Å². The predicted octanol–water partition coefficient (Wildman–Crippen LogP) is 1.63. The first-order chi connectivity index (χ1) is 6.81. The highest BCUT2D eigenvalue weighted by atomic mass is 16.5. The van der Waals surface area contributed by atoms with Gasteiger partial charge in [0.2, 0.25) is 0 Å². The molecular weight excluding hydrogens is 180 g/mol. The maximum absolute atomic E-state index is 11.2. The van der Waals surface area contributed by atoms with Crippen LogP contribution >= 0.6 is 0 Å². The van der Waals surface area contributed by atoms with Crippen molar-refractivity contribution < 1.29 is 9.53 Å². The average molecular weight is 190 g/mol. The van der Waals surface area contributed by atoms with Crippen molar-refractivity contribution in [1.29, 1.82) is 0 Å².